The molecule has 4 rings (SSSR count). The normalized spacial score (nSPS) is 17.4. The van der Waals surface area contributed by atoms with Crippen molar-refractivity contribution >= 4 is 44.7 Å². The van der Waals surface area contributed by atoms with Crippen LogP contribution in [0.2, 0.25) is 0 Å². The Bertz CT molecular complexity index is 1200. The van der Waals surface area contributed by atoms with Crippen molar-refractivity contribution in [2.75, 3.05) is 20.3 Å². The molecule has 1 fully saturated rings. The fraction of sp³-hybridized carbons (Fsp3) is 0.200. The fourth-order valence-electron chi connectivity index (χ4n) is 3.73. The average Bonchev–Trinajstić information content (AvgIpc) is 3.43. The molecule has 0 bridgehead atoms. The topological polar surface area (TPSA) is 76.1 Å². The van der Waals surface area contributed by atoms with Crippen LogP contribution in [-0.4, -0.2) is 42.0 Å². The predicted octanol–water partition coefficient (Wildman–Crippen LogP) is 5.33. The summed E-state index contributed by atoms with van der Waals surface area (Å²) in [6, 6.07) is 15.5. The van der Waals surface area contributed by atoms with E-state index >= 15 is 0 Å². The smallest absolute Gasteiger partial charge is 0.295 e. The lowest BCUT2D eigenvalue weighted by Gasteiger charge is -2.24. The molecule has 170 valence electrons. The van der Waals surface area contributed by atoms with Crippen LogP contribution in [0.5, 0.6) is 11.5 Å². The van der Waals surface area contributed by atoms with Gasteiger partial charge in [0.15, 0.2) is 0 Å². The van der Waals surface area contributed by atoms with Crippen molar-refractivity contribution in [1.29, 1.82) is 0 Å². The van der Waals surface area contributed by atoms with Gasteiger partial charge in [-0.15, -0.1) is 11.3 Å². The van der Waals surface area contributed by atoms with Gasteiger partial charge in [0.25, 0.3) is 11.7 Å². The maximum atomic E-state index is 13.0. The number of carbonyl (C=O) groups is 2. The minimum Gasteiger partial charge on any atom is -0.507 e. The monoisotopic (exact) mass is 527 g/mol. The predicted molar refractivity (Wildman–Crippen MR) is 131 cm³/mol. The standard InChI is InChI=1S/C25H22BrNO5S/c1-15-14-16(5-10-19(15)26)23(28)21-22(20-4-3-13-33-20)27(25(30)24(21)29)11-12-32-18-8-6-17(31-2)7-9-18/h3-10,13-14,22,28H,11-12H2,1-2H3/b23-21-. The Balaban J connectivity index is 1.63. The van der Waals surface area contributed by atoms with Gasteiger partial charge in [-0.3, -0.25) is 9.59 Å². The Morgan fingerprint density at radius 3 is 2.48 bits per heavy atom. The third-order valence-corrected chi connectivity index (χ3v) is 7.26. The maximum absolute atomic E-state index is 13.0. The Labute approximate surface area is 204 Å². The summed E-state index contributed by atoms with van der Waals surface area (Å²) in [5, 5.41) is 13.0. The van der Waals surface area contributed by atoms with Crippen LogP contribution in [-0.2, 0) is 9.59 Å². The van der Waals surface area contributed by atoms with Gasteiger partial charge in [-0.25, -0.2) is 0 Å². The van der Waals surface area contributed by atoms with Gasteiger partial charge < -0.3 is 19.5 Å². The molecule has 0 radical (unpaired) electrons. The minimum atomic E-state index is -0.698. The van der Waals surface area contributed by atoms with Crippen LogP contribution in [0.4, 0.5) is 0 Å². The molecule has 1 amide bonds. The largest absolute Gasteiger partial charge is 0.507 e. The van der Waals surface area contributed by atoms with Gasteiger partial charge in [0.05, 0.1) is 25.3 Å². The van der Waals surface area contributed by atoms with Crippen molar-refractivity contribution in [3.63, 3.8) is 0 Å². The van der Waals surface area contributed by atoms with Crippen molar-refractivity contribution < 1.29 is 24.2 Å². The highest BCUT2D eigenvalue weighted by Crippen LogP contribution is 2.41. The number of methoxy groups -OCH3 is 1. The highest BCUT2D eigenvalue weighted by Gasteiger charge is 2.46. The lowest BCUT2D eigenvalue weighted by atomic mass is 9.99. The number of aliphatic hydroxyl groups is 1. The number of hydrogen-bond donors (Lipinski definition) is 1. The number of benzene rings is 2. The van der Waals surface area contributed by atoms with E-state index in [1.807, 2.05) is 30.5 Å². The molecule has 1 aliphatic rings. The van der Waals surface area contributed by atoms with Crippen LogP contribution in [0.3, 0.4) is 0 Å². The highest BCUT2D eigenvalue weighted by molar-refractivity contribution is 9.10. The first kappa shape index (κ1) is 23.1. The molecular weight excluding hydrogens is 506 g/mol. The zero-order valence-corrected chi connectivity index (χ0v) is 20.5. The molecule has 1 saturated heterocycles. The first-order valence-electron chi connectivity index (χ1n) is 10.3. The molecule has 0 spiro atoms. The molecule has 2 heterocycles. The van der Waals surface area contributed by atoms with E-state index in [1.165, 1.54) is 16.2 Å². The van der Waals surface area contributed by atoms with Crippen LogP contribution in [0.15, 0.2) is 70.0 Å². The second-order valence-corrected chi connectivity index (χ2v) is 9.33. The van der Waals surface area contributed by atoms with E-state index in [9.17, 15) is 14.7 Å². The van der Waals surface area contributed by atoms with E-state index in [1.54, 1.807) is 43.5 Å². The molecule has 33 heavy (non-hydrogen) atoms. The summed E-state index contributed by atoms with van der Waals surface area (Å²) < 4.78 is 11.8. The number of rotatable bonds is 7. The third-order valence-electron chi connectivity index (χ3n) is 5.44. The number of aliphatic hydroxyl groups excluding tert-OH is 1. The van der Waals surface area contributed by atoms with Crippen LogP contribution < -0.4 is 9.47 Å². The summed E-state index contributed by atoms with van der Waals surface area (Å²) in [6.07, 6.45) is 0. The van der Waals surface area contributed by atoms with Crippen molar-refractivity contribution in [2.45, 2.75) is 13.0 Å². The number of thiophene rings is 1. The van der Waals surface area contributed by atoms with Gasteiger partial charge in [0.1, 0.15) is 23.9 Å². The van der Waals surface area contributed by atoms with Crippen LogP contribution >= 0.6 is 27.3 Å². The first-order chi connectivity index (χ1) is 15.9. The number of nitrogens with zero attached hydrogens (tertiary/aromatic N) is 1. The van der Waals surface area contributed by atoms with Gasteiger partial charge >= 0.3 is 0 Å². The number of amides is 1. The Kier molecular flexibility index (Phi) is 6.85. The Morgan fingerprint density at radius 1 is 1.12 bits per heavy atom. The number of likely N-dealkylation sites (tertiary alicyclic amines) is 1. The molecule has 1 aliphatic heterocycles. The zero-order chi connectivity index (χ0) is 23.5. The number of aryl methyl sites for hydroxylation is 1. The second-order valence-electron chi connectivity index (χ2n) is 7.50. The number of Topliss-reactive ketones (excluding diaryl/α,β-unsaturated/α-hetero) is 1. The Hall–Kier alpha value is -3.10. The molecule has 0 saturated carbocycles. The molecule has 8 heteroatoms. The molecular formula is C25H22BrNO5S. The lowest BCUT2D eigenvalue weighted by molar-refractivity contribution is -0.140. The Morgan fingerprint density at radius 2 is 1.85 bits per heavy atom. The molecule has 1 N–H and O–H groups in total. The molecule has 0 aliphatic carbocycles. The quantitative estimate of drug-likeness (QED) is 0.255. The number of carbonyl (C=O) groups excluding carboxylic acids is 2. The van der Waals surface area contributed by atoms with E-state index in [-0.39, 0.29) is 24.5 Å². The van der Waals surface area contributed by atoms with Gasteiger partial charge in [0, 0.05) is 14.9 Å². The maximum Gasteiger partial charge on any atom is 0.295 e. The van der Waals surface area contributed by atoms with Crippen molar-refractivity contribution in [1.82, 2.24) is 4.90 Å². The summed E-state index contributed by atoms with van der Waals surface area (Å²) in [7, 11) is 1.59. The number of ketones is 1. The minimum absolute atomic E-state index is 0.0913. The summed E-state index contributed by atoms with van der Waals surface area (Å²) in [5.41, 5.74) is 1.49. The van der Waals surface area contributed by atoms with E-state index < -0.39 is 17.7 Å². The first-order valence-corrected chi connectivity index (χ1v) is 11.9. The summed E-state index contributed by atoms with van der Waals surface area (Å²) in [4.78, 5) is 28.3. The fourth-order valence-corrected chi connectivity index (χ4v) is 4.83. The van der Waals surface area contributed by atoms with Crippen LogP contribution in [0, 0.1) is 6.92 Å². The second kappa shape index (κ2) is 9.80. The van der Waals surface area contributed by atoms with Crippen molar-refractivity contribution in [3.8, 4) is 11.5 Å². The van der Waals surface area contributed by atoms with Crippen LogP contribution in [0.25, 0.3) is 5.76 Å². The summed E-state index contributed by atoms with van der Waals surface area (Å²) >= 11 is 4.88. The van der Waals surface area contributed by atoms with Crippen molar-refractivity contribution in [2.24, 2.45) is 0 Å². The lowest BCUT2D eigenvalue weighted by Crippen LogP contribution is -2.33. The van der Waals surface area contributed by atoms with Gasteiger partial charge in [-0.05, 0) is 60.3 Å². The average molecular weight is 528 g/mol. The molecule has 2 aromatic carbocycles. The SMILES string of the molecule is COc1ccc(OCCN2C(=O)C(=O)/C(=C(\O)c3ccc(Br)c(C)c3)C2c2cccs2)cc1. The van der Waals surface area contributed by atoms with E-state index in [0.717, 1.165) is 14.9 Å². The summed E-state index contributed by atoms with van der Waals surface area (Å²) in [6.45, 7) is 2.28. The van der Waals surface area contributed by atoms with Gasteiger partial charge in [0.2, 0.25) is 0 Å². The number of halogens is 1. The molecule has 6 nitrogen and oxygen atoms in total. The zero-order valence-electron chi connectivity index (χ0n) is 18.1. The van der Waals surface area contributed by atoms with E-state index in [4.69, 9.17) is 9.47 Å². The molecule has 1 atom stereocenters. The van der Waals surface area contributed by atoms with Gasteiger partial charge in [-0.1, -0.05) is 28.1 Å². The number of ether oxygens (including phenoxy) is 2. The third kappa shape index (κ3) is 4.67. The molecule has 3 aromatic rings. The number of hydrogen-bond acceptors (Lipinski definition) is 6. The van der Waals surface area contributed by atoms with Crippen LogP contribution in [0.1, 0.15) is 22.0 Å². The molecule has 1 unspecified atom stereocenters. The highest BCUT2D eigenvalue weighted by atomic mass is 79.9. The molecule has 1 aromatic heterocycles. The summed E-state index contributed by atoms with van der Waals surface area (Å²) in [5.74, 6) is -0.182. The van der Waals surface area contributed by atoms with Gasteiger partial charge in [-0.2, -0.15) is 0 Å². The van der Waals surface area contributed by atoms with E-state index in [2.05, 4.69) is 15.9 Å². The van der Waals surface area contributed by atoms with Crippen molar-refractivity contribution in [3.05, 3.63) is 86.0 Å². The van der Waals surface area contributed by atoms with E-state index in [0.29, 0.717) is 17.1 Å².